The van der Waals surface area contributed by atoms with E-state index in [2.05, 4.69) is 20.9 Å². The van der Waals surface area contributed by atoms with E-state index in [0.717, 1.165) is 26.5 Å². The molecular formula is C13H10BrNO2S. The van der Waals surface area contributed by atoms with Crippen molar-refractivity contribution in [2.24, 2.45) is 4.99 Å². The molecule has 3 rings (SSSR count). The summed E-state index contributed by atoms with van der Waals surface area (Å²) in [4.78, 5) is 5.56. The Morgan fingerprint density at radius 3 is 3.00 bits per heavy atom. The standard InChI is InChI=1S/C13H10BrNO2S/c14-11-6-9(15-8-10-2-1-5-18-10)7-12-13(11)17-4-3-16-12/h1-2,5-8H,3-4H2. The highest BCUT2D eigenvalue weighted by Crippen LogP contribution is 2.40. The first-order chi connectivity index (χ1) is 8.83. The van der Waals surface area contributed by atoms with E-state index >= 15 is 0 Å². The van der Waals surface area contributed by atoms with Crippen LogP contribution in [0.5, 0.6) is 11.5 Å². The summed E-state index contributed by atoms with van der Waals surface area (Å²) in [5.41, 5.74) is 0.847. The van der Waals surface area contributed by atoms with Gasteiger partial charge in [0.15, 0.2) is 11.5 Å². The zero-order chi connectivity index (χ0) is 12.4. The maximum atomic E-state index is 5.56. The van der Waals surface area contributed by atoms with Gasteiger partial charge < -0.3 is 9.47 Å². The van der Waals surface area contributed by atoms with E-state index in [-0.39, 0.29) is 0 Å². The number of hydrogen-bond acceptors (Lipinski definition) is 4. The van der Waals surface area contributed by atoms with Gasteiger partial charge >= 0.3 is 0 Å². The molecule has 18 heavy (non-hydrogen) atoms. The minimum atomic E-state index is 0.581. The number of halogens is 1. The number of ether oxygens (including phenoxy) is 2. The minimum absolute atomic E-state index is 0.581. The van der Waals surface area contributed by atoms with E-state index in [1.165, 1.54) is 0 Å². The Kier molecular flexibility index (Phi) is 3.34. The van der Waals surface area contributed by atoms with Crippen LogP contribution >= 0.6 is 27.3 Å². The summed E-state index contributed by atoms with van der Waals surface area (Å²) in [5, 5.41) is 2.03. The SMILES string of the molecule is Brc1cc(N=Cc2cccs2)cc2c1OCCO2. The van der Waals surface area contributed by atoms with E-state index in [1.54, 1.807) is 11.3 Å². The second-order valence-corrected chi connectivity index (χ2v) is 5.56. The molecule has 0 spiro atoms. The van der Waals surface area contributed by atoms with Crippen LogP contribution in [0.1, 0.15) is 4.88 Å². The molecule has 1 aromatic carbocycles. The Balaban J connectivity index is 1.91. The van der Waals surface area contributed by atoms with Gasteiger partial charge in [-0.15, -0.1) is 11.3 Å². The van der Waals surface area contributed by atoms with E-state index in [1.807, 2.05) is 35.9 Å². The summed E-state index contributed by atoms with van der Waals surface area (Å²) in [6, 6.07) is 7.86. The largest absolute Gasteiger partial charge is 0.486 e. The fourth-order valence-corrected chi connectivity index (χ4v) is 2.80. The van der Waals surface area contributed by atoms with Crippen molar-refractivity contribution in [1.29, 1.82) is 0 Å². The molecule has 92 valence electrons. The molecule has 2 heterocycles. The highest BCUT2D eigenvalue weighted by molar-refractivity contribution is 9.10. The molecule has 0 amide bonds. The first-order valence-electron chi connectivity index (χ1n) is 5.49. The Morgan fingerprint density at radius 1 is 1.28 bits per heavy atom. The van der Waals surface area contributed by atoms with Crippen molar-refractivity contribution in [3.8, 4) is 11.5 Å². The van der Waals surface area contributed by atoms with Gasteiger partial charge in [0, 0.05) is 17.2 Å². The van der Waals surface area contributed by atoms with Crippen LogP contribution in [-0.4, -0.2) is 19.4 Å². The molecular weight excluding hydrogens is 314 g/mol. The molecule has 0 saturated heterocycles. The number of fused-ring (bicyclic) bond motifs is 1. The number of nitrogens with zero attached hydrogens (tertiary/aromatic N) is 1. The molecule has 0 saturated carbocycles. The van der Waals surface area contributed by atoms with Crippen molar-refractivity contribution >= 4 is 39.2 Å². The maximum Gasteiger partial charge on any atom is 0.175 e. The molecule has 3 nitrogen and oxygen atoms in total. The van der Waals surface area contributed by atoms with Gasteiger partial charge in [-0.1, -0.05) is 6.07 Å². The number of thiophene rings is 1. The van der Waals surface area contributed by atoms with Gasteiger partial charge in [-0.25, -0.2) is 0 Å². The zero-order valence-corrected chi connectivity index (χ0v) is 11.8. The predicted molar refractivity (Wildman–Crippen MR) is 76.7 cm³/mol. The summed E-state index contributed by atoms with van der Waals surface area (Å²) < 4.78 is 12.0. The fourth-order valence-electron chi connectivity index (χ4n) is 1.67. The number of hydrogen-bond donors (Lipinski definition) is 0. The molecule has 2 aromatic rings. The fraction of sp³-hybridized carbons (Fsp3) is 0.154. The van der Waals surface area contributed by atoms with Gasteiger partial charge in [0.2, 0.25) is 0 Å². The molecule has 0 radical (unpaired) electrons. The average Bonchev–Trinajstić information content (AvgIpc) is 2.90. The Labute approximate surface area is 117 Å². The van der Waals surface area contributed by atoms with Gasteiger partial charge in [-0.05, 0) is 33.4 Å². The number of aliphatic imine (C=N–C) groups is 1. The lowest BCUT2D eigenvalue weighted by Crippen LogP contribution is -2.15. The van der Waals surface area contributed by atoms with Crippen molar-refractivity contribution in [2.75, 3.05) is 13.2 Å². The molecule has 0 fully saturated rings. The molecule has 0 N–H and O–H groups in total. The normalized spacial score (nSPS) is 14.1. The first-order valence-corrected chi connectivity index (χ1v) is 7.17. The van der Waals surface area contributed by atoms with Gasteiger partial charge in [0.1, 0.15) is 13.2 Å². The monoisotopic (exact) mass is 323 g/mol. The molecule has 1 aliphatic heterocycles. The third-order valence-corrected chi connectivity index (χ3v) is 3.86. The van der Waals surface area contributed by atoms with E-state index in [9.17, 15) is 0 Å². The minimum Gasteiger partial charge on any atom is -0.486 e. The second kappa shape index (κ2) is 5.12. The summed E-state index contributed by atoms with van der Waals surface area (Å²) >= 11 is 5.13. The van der Waals surface area contributed by atoms with Crippen LogP contribution in [0.4, 0.5) is 5.69 Å². The van der Waals surface area contributed by atoms with Gasteiger partial charge in [-0.3, -0.25) is 4.99 Å². The second-order valence-electron chi connectivity index (χ2n) is 3.73. The lowest BCUT2D eigenvalue weighted by Gasteiger charge is -2.19. The van der Waals surface area contributed by atoms with Crippen molar-refractivity contribution in [1.82, 2.24) is 0 Å². The third-order valence-electron chi connectivity index (χ3n) is 2.47. The zero-order valence-electron chi connectivity index (χ0n) is 9.43. The van der Waals surface area contributed by atoms with Crippen molar-refractivity contribution in [3.63, 3.8) is 0 Å². The average molecular weight is 324 g/mol. The summed E-state index contributed by atoms with van der Waals surface area (Å²) in [6.45, 7) is 1.17. The van der Waals surface area contributed by atoms with Crippen LogP contribution in [-0.2, 0) is 0 Å². The highest BCUT2D eigenvalue weighted by Gasteiger charge is 2.15. The lowest BCUT2D eigenvalue weighted by atomic mass is 10.2. The molecule has 0 bridgehead atoms. The van der Waals surface area contributed by atoms with Crippen molar-refractivity contribution < 1.29 is 9.47 Å². The van der Waals surface area contributed by atoms with Crippen LogP contribution in [0.3, 0.4) is 0 Å². The Hall–Kier alpha value is -1.33. The summed E-state index contributed by atoms with van der Waals surface area (Å²) in [6.07, 6.45) is 1.85. The maximum absolute atomic E-state index is 5.56. The van der Waals surface area contributed by atoms with Crippen LogP contribution in [0, 0.1) is 0 Å². The van der Waals surface area contributed by atoms with Crippen LogP contribution in [0.25, 0.3) is 0 Å². The summed E-state index contributed by atoms with van der Waals surface area (Å²) in [5.74, 6) is 1.50. The predicted octanol–water partition coefficient (Wildman–Crippen LogP) is 4.03. The van der Waals surface area contributed by atoms with Crippen LogP contribution in [0.15, 0.2) is 39.1 Å². The van der Waals surface area contributed by atoms with Gasteiger partial charge in [0.25, 0.3) is 0 Å². The van der Waals surface area contributed by atoms with Crippen LogP contribution < -0.4 is 9.47 Å². The lowest BCUT2D eigenvalue weighted by molar-refractivity contribution is 0.170. The van der Waals surface area contributed by atoms with Gasteiger partial charge in [0.05, 0.1) is 10.2 Å². The number of benzene rings is 1. The van der Waals surface area contributed by atoms with E-state index in [4.69, 9.17) is 9.47 Å². The van der Waals surface area contributed by atoms with Crippen molar-refractivity contribution in [2.45, 2.75) is 0 Å². The number of rotatable bonds is 2. The smallest absolute Gasteiger partial charge is 0.175 e. The molecule has 5 heteroatoms. The van der Waals surface area contributed by atoms with Gasteiger partial charge in [-0.2, -0.15) is 0 Å². The molecule has 0 aliphatic carbocycles. The third kappa shape index (κ3) is 2.42. The highest BCUT2D eigenvalue weighted by atomic mass is 79.9. The first kappa shape index (κ1) is 11.7. The van der Waals surface area contributed by atoms with Crippen LogP contribution in [0.2, 0.25) is 0 Å². The quantitative estimate of drug-likeness (QED) is 0.781. The van der Waals surface area contributed by atoms with E-state index in [0.29, 0.717) is 13.2 Å². The van der Waals surface area contributed by atoms with E-state index < -0.39 is 0 Å². The molecule has 0 atom stereocenters. The summed E-state index contributed by atoms with van der Waals surface area (Å²) in [7, 11) is 0. The van der Waals surface area contributed by atoms with Crippen molar-refractivity contribution in [3.05, 3.63) is 39.0 Å². The molecule has 1 aromatic heterocycles. The Bertz CT molecular complexity index is 581. The molecule has 1 aliphatic rings. The Morgan fingerprint density at radius 2 is 2.17 bits per heavy atom. The topological polar surface area (TPSA) is 30.8 Å². The molecule has 0 unspecified atom stereocenters.